The van der Waals surface area contributed by atoms with Crippen molar-refractivity contribution < 1.29 is 28.9 Å². The molecule has 1 aliphatic rings. The van der Waals surface area contributed by atoms with Crippen molar-refractivity contribution in [3.63, 3.8) is 0 Å². The summed E-state index contributed by atoms with van der Waals surface area (Å²) in [5, 5.41) is 31.2. The first kappa shape index (κ1) is 24.2. The summed E-state index contributed by atoms with van der Waals surface area (Å²) < 4.78 is 17.8. The first-order valence-electron chi connectivity index (χ1n) is 9.42. The van der Waals surface area contributed by atoms with Gasteiger partial charge in [-0.2, -0.15) is 0 Å². The third kappa shape index (κ3) is 5.38. The Morgan fingerprint density at radius 1 is 0.808 bits per heavy atom. The summed E-state index contributed by atoms with van der Waals surface area (Å²) >= 11 is 0. The summed E-state index contributed by atoms with van der Waals surface area (Å²) in [6.07, 6.45) is -5.39. The molecule has 0 unspecified atom stereocenters. The Balaban J connectivity index is 2.92. The van der Waals surface area contributed by atoms with Gasteiger partial charge >= 0.3 is 0 Å². The van der Waals surface area contributed by atoms with E-state index in [1.54, 1.807) is 0 Å². The molecule has 0 bridgehead atoms. The molecule has 8 heteroatoms. The minimum Gasteiger partial charge on any atom is -0.414 e. The predicted octanol–water partition coefficient (Wildman–Crippen LogP) is 2.84. The van der Waals surface area contributed by atoms with Crippen molar-refractivity contribution in [2.45, 2.75) is 109 Å². The lowest BCUT2D eigenvalue weighted by atomic mass is 9.99. The van der Waals surface area contributed by atoms with Crippen LogP contribution >= 0.6 is 0 Å². The van der Waals surface area contributed by atoms with E-state index in [-0.39, 0.29) is 16.7 Å². The van der Waals surface area contributed by atoms with E-state index in [1.165, 1.54) is 0 Å². The van der Waals surface area contributed by atoms with E-state index < -0.39 is 47.3 Å². The zero-order chi connectivity index (χ0) is 20.7. The van der Waals surface area contributed by atoms with Gasteiger partial charge in [-0.15, -0.1) is 0 Å². The Bertz CT molecular complexity index is 469. The highest BCUT2D eigenvalue weighted by Gasteiger charge is 2.50. The highest BCUT2D eigenvalue weighted by atomic mass is 28.4. The number of hydrogen-bond acceptors (Lipinski definition) is 6. The molecule has 1 saturated heterocycles. The van der Waals surface area contributed by atoms with Crippen molar-refractivity contribution in [1.82, 2.24) is 0 Å². The van der Waals surface area contributed by atoms with Crippen molar-refractivity contribution in [2.75, 3.05) is 6.61 Å². The Labute approximate surface area is 161 Å². The molecule has 0 radical (unpaired) electrons. The van der Waals surface area contributed by atoms with Crippen molar-refractivity contribution in [3.05, 3.63) is 0 Å². The Morgan fingerprint density at radius 2 is 1.27 bits per heavy atom. The lowest BCUT2D eigenvalue weighted by Gasteiger charge is -2.47. The van der Waals surface area contributed by atoms with Gasteiger partial charge in [-0.3, -0.25) is 0 Å². The van der Waals surface area contributed by atoms with Gasteiger partial charge in [-0.05, 0) is 36.3 Å². The molecule has 26 heavy (non-hydrogen) atoms. The van der Waals surface area contributed by atoms with Gasteiger partial charge in [0.25, 0.3) is 0 Å². The monoisotopic (exact) mass is 408 g/mol. The third-order valence-corrected chi connectivity index (χ3v) is 15.3. The Kier molecular flexibility index (Phi) is 7.37. The van der Waals surface area contributed by atoms with E-state index in [9.17, 15) is 15.3 Å². The molecule has 0 aromatic heterocycles. The van der Waals surface area contributed by atoms with Crippen LogP contribution in [0.1, 0.15) is 41.5 Å². The number of rotatable bonds is 5. The van der Waals surface area contributed by atoms with Crippen LogP contribution in [-0.2, 0) is 13.6 Å². The van der Waals surface area contributed by atoms with Crippen molar-refractivity contribution in [3.8, 4) is 0 Å². The van der Waals surface area contributed by atoms with Gasteiger partial charge in [0.1, 0.15) is 24.4 Å². The number of aliphatic hydroxyl groups excluding tert-OH is 3. The van der Waals surface area contributed by atoms with E-state index in [1.807, 2.05) is 0 Å². The van der Waals surface area contributed by atoms with E-state index in [0.717, 1.165) is 0 Å². The quantitative estimate of drug-likeness (QED) is 0.606. The molecule has 1 aliphatic heterocycles. The second-order valence-corrected chi connectivity index (χ2v) is 20.0. The number of aliphatic hydroxyl groups is 3. The molecule has 0 amide bonds. The van der Waals surface area contributed by atoms with Crippen LogP contribution in [0.2, 0.25) is 36.3 Å². The van der Waals surface area contributed by atoms with Crippen LogP contribution in [0, 0.1) is 0 Å². The molecule has 0 aromatic carbocycles. The van der Waals surface area contributed by atoms with Gasteiger partial charge in [-0.1, -0.05) is 41.5 Å². The van der Waals surface area contributed by atoms with Gasteiger partial charge in [0, 0.05) is 0 Å². The molecule has 0 aliphatic carbocycles. The van der Waals surface area contributed by atoms with Gasteiger partial charge in [0.2, 0.25) is 0 Å². The molecule has 3 N–H and O–H groups in total. The average molecular weight is 409 g/mol. The zero-order valence-electron chi connectivity index (χ0n) is 18.2. The van der Waals surface area contributed by atoms with E-state index >= 15 is 0 Å². The van der Waals surface area contributed by atoms with Gasteiger partial charge in [0.05, 0.1) is 6.61 Å². The van der Waals surface area contributed by atoms with E-state index in [2.05, 4.69) is 67.7 Å². The third-order valence-electron chi connectivity index (χ3n) is 6.31. The minimum absolute atomic E-state index is 0.0296. The highest BCUT2D eigenvalue weighted by Crippen LogP contribution is 2.40. The minimum atomic E-state index is -2.24. The van der Waals surface area contributed by atoms with Crippen LogP contribution in [0.15, 0.2) is 0 Å². The van der Waals surface area contributed by atoms with Crippen molar-refractivity contribution in [1.29, 1.82) is 0 Å². The van der Waals surface area contributed by atoms with Crippen LogP contribution in [0.3, 0.4) is 0 Å². The topological polar surface area (TPSA) is 88.4 Å². The van der Waals surface area contributed by atoms with Crippen LogP contribution < -0.4 is 0 Å². The number of hydrogen-bond donors (Lipinski definition) is 3. The van der Waals surface area contributed by atoms with Gasteiger partial charge in [0.15, 0.2) is 22.9 Å². The molecule has 1 rings (SSSR count). The summed E-state index contributed by atoms with van der Waals surface area (Å²) in [5.41, 5.74) is 0. The second-order valence-electron chi connectivity index (χ2n) is 10.5. The maximum atomic E-state index is 10.8. The van der Waals surface area contributed by atoms with Crippen LogP contribution in [0.5, 0.6) is 0 Å². The fourth-order valence-electron chi connectivity index (χ4n) is 2.22. The highest BCUT2D eigenvalue weighted by molar-refractivity contribution is 6.74. The predicted molar refractivity (Wildman–Crippen MR) is 108 cm³/mol. The van der Waals surface area contributed by atoms with Crippen LogP contribution in [0.4, 0.5) is 0 Å². The molecule has 0 aromatic rings. The van der Waals surface area contributed by atoms with Crippen LogP contribution in [-0.4, -0.2) is 69.3 Å². The molecule has 1 fully saturated rings. The summed E-state index contributed by atoms with van der Waals surface area (Å²) in [4.78, 5) is 0. The molecule has 156 valence electrons. The number of ether oxygens (including phenoxy) is 1. The Hall–Kier alpha value is 0.194. The van der Waals surface area contributed by atoms with Gasteiger partial charge < -0.3 is 28.9 Å². The smallest absolute Gasteiger partial charge is 0.192 e. The fraction of sp³-hybridized carbons (Fsp3) is 1.00. The maximum absolute atomic E-state index is 10.8. The molecule has 1 heterocycles. The summed E-state index contributed by atoms with van der Waals surface area (Å²) in [6, 6.07) is 0. The lowest BCUT2D eigenvalue weighted by molar-refractivity contribution is -0.282. The fourth-order valence-corrected chi connectivity index (χ4v) is 4.54. The van der Waals surface area contributed by atoms with Gasteiger partial charge in [-0.25, -0.2) is 0 Å². The SMILES string of the molecule is CC(C)(C)[Si](C)(C)OC[C@H]1O[C@H](O)[C@H](O)[C@@H](O[Si](C)(C)C(C)(C)C)[C@H]1O. The zero-order valence-corrected chi connectivity index (χ0v) is 20.2. The first-order valence-corrected chi connectivity index (χ1v) is 15.2. The standard InChI is InChI=1S/C18H40O6Si2/c1-17(2,3)25(7,8)22-11-12-13(19)15(14(20)16(21)23-12)24-26(9,10)18(4,5)6/h12-16,19-21H,11H2,1-10H3/t12-,13+,14-,15+,16+/m1/s1. The average Bonchev–Trinajstić information content (AvgIpc) is 2.43. The molecular weight excluding hydrogens is 368 g/mol. The second kappa shape index (κ2) is 7.90. The summed E-state index contributed by atoms with van der Waals surface area (Å²) in [7, 11) is -4.27. The normalized spacial score (nSPS) is 32.0. The largest absolute Gasteiger partial charge is 0.414 e. The Morgan fingerprint density at radius 3 is 1.69 bits per heavy atom. The molecule has 6 nitrogen and oxygen atoms in total. The molecular formula is C18H40O6Si2. The van der Waals surface area contributed by atoms with E-state index in [0.29, 0.717) is 0 Å². The summed E-state index contributed by atoms with van der Waals surface area (Å²) in [5.74, 6) is 0. The lowest BCUT2D eigenvalue weighted by Crippen LogP contribution is -2.63. The molecule has 0 spiro atoms. The summed E-state index contributed by atoms with van der Waals surface area (Å²) in [6.45, 7) is 21.2. The van der Waals surface area contributed by atoms with Crippen molar-refractivity contribution >= 4 is 16.6 Å². The first-order chi connectivity index (χ1) is 11.4. The van der Waals surface area contributed by atoms with Crippen LogP contribution in [0.25, 0.3) is 0 Å². The van der Waals surface area contributed by atoms with E-state index in [4.69, 9.17) is 13.6 Å². The molecule has 5 atom stereocenters. The molecule has 0 saturated carbocycles. The van der Waals surface area contributed by atoms with Crippen molar-refractivity contribution in [2.24, 2.45) is 0 Å². The maximum Gasteiger partial charge on any atom is 0.192 e.